The summed E-state index contributed by atoms with van der Waals surface area (Å²) >= 11 is 0. The van der Waals surface area contributed by atoms with Gasteiger partial charge in [-0.15, -0.1) is 0 Å². The molecule has 0 heterocycles. The number of carbonyl (C=O) groups excluding carboxylic acids is 1. The van der Waals surface area contributed by atoms with E-state index in [-0.39, 0.29) is 11.8 Å². The van der Waals surface area contributed by atoms with Crippen LogP contribution in [0.2, 0.25) is 0 Å². The van der Waals surface area contributed by atoms with Crippen LogP contribution in [0.25, 0.3) is 0 Å². The van der Waals surface area contributed by atoms with Gasteiger partial charge in [-0.1, -0.05) is 18.2 Å². The van der Waals surface area contributed by atoms with Crippen molar-refractivity contribution in [3.8, 4) is 0 Å². The zero-order valence-electron chi connectivity index (χ0n) is 12.2. The van der Waals surface area contributed by atoms with Crippen molar-refractivity contribution < 1.29 is 4.79 Å². The highest BCUT2D eigenvalue weighted by Gasteiger charge is 2.24. The van der Waals surface area contributed by atoms with Crippen LogP contribution >= 0.6 is 0 Å². The van der Waals surface area contributed by atoms with Gasteiger partial charge in [-0.2, -0.15) is 0 Å². The van der Waals surface area contributed by atoms with Crippen molar-refractivity contribution in [2.45, 2.75) is 31.7 Å². The van der Waals surface area contributed by atoms with Crippen LogP contribution < -0.4 is 16.0 Å². The van der Waals surface area contributed by atoms with E-state index < -0.39 is 0 Å². The Kier molecular flexibility index (Phi) is 5.41. The summed E-state index contributed by atoms with van der Waals surface area (Å²) in [7, 11) is 2.04. The molecular weight excluding hydrogens is 250 g/mol. The standard InChI is InChI=1S/C16H25N3O/c1-19(15-5-3-2-4-6-15)12-11-18-16(20)13-7-9-14(17)10-8-13/h2-6,13-14H,7-12,17H2,1H3,(H,18,20). The summed E-state index contributed by atoms with van der Waals surface area (Å²) in [4.78, 5) is 14.2. The maximum Gasteiger partial charge on any atom is 0.223 e. The molecule has 0 bridgehead atoms. The molecular formula is C16H25N3O. The number of nitrogens with zero attached hydrogens (tertiary/aromatic N) is 1. The first kappa shape index (κ1) is 14.9. The molecule has 0 atom stereocenters. The lowest BCUT2D eigenvalue weighted by Gasteiger charge is -2.26. The largest absolute Gasteiger partial charge is 0.373 e. The number of nitrogens with two attached hydrogens (primary N) is 1. The third-order valence-electron chi connectivity index (χ3n) is 4.09. The van der Waals surface area contributed by atoms with Crippen molar-refractivity contribution in [1.82, 2.24) is 5.32 Å². The van der Waals surface area contributed by atoms with Gasteiger partial charge >= 0.3 is 0 Å². The summed E-state index contributed by atoms with van der Waals surface area (Å²) in [6, 6.07) is 10.5. The molecule has 4 heteroatoms. The van der Waals surface area contributed by atoms with Crippen LogP contribution in [-0.2, 0) is 4.79 Å². The molecule has 0 spiro atoms. The van der Waals surface area contributed by atoms with Gasteiger partial charge in [0.25, 0.3) is 0 Å². The number of likely N-dealkylation sites (N-methyl/N-ethyl adjacent to an activating group) is 1. The van der Waals surface area contributed by atoms with Crippen LogP contribution in [-0.4, -0.2) is 32.1 Å². The summed E-state index contributed by atoms with van der Waals surface area (Å²) < 4.78 is 0. The Balaban J connectivity index is 1.69. The molecule has 0 aliphatic heterocycles. The molecule has 4 nitrogen and oxygen atoms in total. The third kappa shape index (κ3) is 4.23. The summed E-state index contributed by atoms with van der Waals surface area (Å²) in [6.45, 7) is 1.51. The molecule has 0 saturated heterocycles. The van der Waals surface area contributed by atoms with E-state index in [0.29, 0.717) is 12.6 Å². The minimum Gasteiger partial charge on any atom is -0.373 e. The summed E-state index contributed by atoms with van der Waals surface area (Å²) in [5, 5.41) is 3.05. The SMILES string of the molecule is CN(CCNC(=O)C1CCC(N)CC1)c1ccccc1. The van der Waals surface area contributed by atoms with Crippen LogP contribution in [0, 0.1) is 5.92 Å². The number of hydrogen-bond donors (Lipinski definition) is 2. The minimum absolute atomic E-state index is 0.164. The van der Waals surface area contributed by atoms with Gasteiger partial charge < -0.3 is 16.0 Å². The summed E-state index contributed by atoms with van der Waals surface area (Å²) in [5.41, 5.74) is 7.03. The van der Waals surface area contributed by atoms with E-state index in [1.807, 2.05) is 25.2 Å². The van der Waals surface area contributed by atoms with Gasteiger partial charge in [-0.25, -0.2) is 0 Å². The highest BCUT2D eigenvalue weighted by Crippen LogP contribution is 2.23. The molecule has 2 rings (SSSR count). The van der Waals surface area contributed by atoms with Crippen LogP contribution in [0.1, 0.15) is 25.7 Å². The number of nitrogens with one attached hydrogen (secondary N) is 1. The lowest BCUT2D eigenvalue weighted by Crippen LogP contribution is -2.39. The smallest absolute Gasteiger partial charge is 0.223 e. The van der Waals surface area contributed by atoms with Crippen LogP contribution in [0.3, 0.4) is 0 Å². The Hall–Kier alpha value is -1.55. The Morgan fingerprint density at radius 3 is 2.55 bits per heavy atom. The highest BCUT2D eigenvalue weighted by atomic mass is 16.1. The van der Waals surface area contributed by atoms with Gasteiger partial charge in [0.05, 0.1) is 0 Å². The zero-order chi connectivity index (χ0) is 14.4. The Morgan fingerprint density at radius 1 is 1.25 bits per heavy atom. The lowest BCUT2D eigenvalue weighted by atomic mass is 9.86. The fraction of sp³-hybridized carbons (Fsp3) is 0.562. The molecule has 1 aliphatic carbocycles. The summed E-state index contributed by atoms with van der Waals surface area (Å²) in [6.07, 6.45) is 3.81. The van der Waals surface area contributed by atoms with Gasteiger partial charge in [0.15, 0.2) is 0 Å². The second-order valence-electron chi connectivity index (χ2n) is 5.66. The fourth-order valence-corrected chi connectivity index (χ4v) is 2.68. The van der Waals surface area contributed by atoms with Crippen LogP contribution in [0.5, 0.6) is 0 Å². The predicted octanol–water partition coefficient (Wildman–Crippen LogP) is 1.76. The number of rotatable bonds is 5. The van der Waals surface area contributed by atoms with Gasteiger partial charge in [0, 0.05) is 37.8 Å². The molecule has 0 aromatic heterocycles. The molecule has 0 radical (unpaired) electrons. The van der Waals surface area contributed by atoms with Crippen molar-refractivity contribution in [1.29, 1.82) is 0 Å². The van der Waals surface area contributed by atoms with E-state index in [0.717, 1.165) is 32.2 Å². The first-order chi connectivity index (χ1) is 9.66. The number of anilines is 1. The van der Waals surface area contributed by atoms with E-state index in [1.54, 1.807) is 0 Å². The average Bonchev–Trinajstić information content (AvgIpc) is 2.48. The number of para-hydroxylation sites is 1. The summed E-state index contributed by atoms with van der Waals surface area (Å²) in [5.74, 6) is 0.357. The van der Waals surface area contributed by atoms with E-state index >= 15 is 0 Å². The maximum absolute atomic E-state index is 12.1. The number of hydrogen-bond acceptors (Lipinski definition) is 3. The lowest BCUT2D eigenvalue weighted by molar-refractivity contribution is -0.125. The molecule has 1 aliphatic rings. The first-order valence-electron chi connectivity index (χ1n) is 7.46. The van der Waals surface area contributed by atoms with Crippen molar-refractivity contribution in [2.75, 3.05) is 25.0 Å². The van der Waals surface area contributed by atoms with Crippen molar-refractivity contribution in [2.24, 2.45) is 11.7 Å². The molecule has 1 fully saturated rings. The number of benzene rings is 1. The Bertz CT molecular complexity index is 413. The molecule has 20 heavy (non-hydrogen) atoms. The average molecular weight is 275 g/mol. The molecule has 110 valence electrons. The monoisotopic (exact) mass is 275 g/mol. The highest BCUT2D eigenvalue weighted by molar-refractivity contribution is 5.78. The zero-order valence-corrected chi connectivity index (χ0v) is 12.2. The Labute approximate surface area is 121 Å². The van der Waals surface area contributed by atoms with E-state index in [4.69, 9.17) is 5.73 Å². The second kappa shape index (κ2) is 7.29. The second-order valence-corrected chi connectivity index (χ2v) is 5.66. The van der Waals surface area contributed by atoms with E-state index in [9.17, 15) is 4.79 Å². The van der Waals surface area contributed by atoms with Crippen molar-refractivity contribution in [3.05, 3.63) is 30.3 Å². The quantitative estimate of drug-likeness (QED) is 0.861. The third-order valence-corrected chi connectivity index (χ3v) is 4.09. The molecule has 1 amide bonds. The molecule has 3 N–H and O–H groups in total. The van der Waals surface area contributed by atoms with Gasteiger partial charge in [0.2, 0.25) is 5.91 Å². The van der Waals surface area contributed by atoms with E-state index in [2.05, 4.69) is 22.3 Å². The minimum atomic E-state index is 0.164. The van der Waals surface area contributed by atoms with Crippen molar-refractivity contribution >= 4 is 11.6 Å². The molecule has 0 unspecified atom stereocenters. The first-order valence-corrected chi connectivity index (χ1v) is 7.46. The fourth-order valence-electron chi connectivity index (χ4n) is 2.68. The topological polar surface area (TPSA) is 58.4 Å². The molecule has 1 aromatic carbocycles. The van der Waals surface area contributed by atoms with Crippen LogP contribution in [0.4, 0.5) is 5.69 Å². The molecule has 1 aromatic rings. The molecule has 1 saturated carbocycles. The number of amides is 1. The normalized spacial score (nSPS) is 22.3. The van der Waals surface area contributed by atoms with Gasteiger partial charge in [-0.05, 0) is 37.8 Å². The maximum atomic E-state index is 12.1. The van der Waals surface area contributed by atoms with Gasteiger partial charge in [-0.3, -0.25) is 4.79 Å². The predicted molar refractivity (Wildman–Crippen MR) is 82.7 cm³/mol. The van der Waals surface area contributed by atoms with E-state index in [1.165, 1.54) is 5.69 Å². The Morgan fingerprint density at radius 2 is 1.90 bits per heavy atom. The number of carbonyl (C=O) groups is 1. The van der Waals surface area contributed by atoms with Gasteiger partial charge in [0.1, 0.15) is 0 Å². The van der Waals surface area contributed by atoms with Crippen LogP contribution in [0.15, 0.2) is 30.3 Å². The van der Waals surface area contributed by atoms with Crippen molar-refractivity contribution in [3.63, 3.8) is 0 Å².